The number of phenols is 1. The highest BCUT2D eigenvalue weighted by Gasteiger charge is 2.18. The number of likely N-dealkylation sites (tertiary alicyclic amines) is 1. The average Bonchev–Trinajstić information content (AvgIpc) is 2.87. The molecule has 5 rings (SSSR count). The van der Waals surface area contributed by atoms with Crippen LogP contribution in [-0.4, -0.2) is 36.2 Å². The summed E-state index contributed by atoms with van der Waals surface area (Å²) in [6.45, 7) is 3.91. The van der Waals surface area contributed by atoms with Gasteiger partial charge in [0.1, 0.15) is 23.7 Å². The van der Waals surface area contributed by atoms with E-state index in [0.717, 1.165) is 41.9 Å². The average molecular weight is 524 g/mol. The quantitative estimate of drug-likeness (QED) is 0.266. The summed E-state index contributed by atoms with van der Waals surface area (Å²) in [5.74, 6) is 0.854. The zero-order valence-corrected chi connectivity index (χ0v) is 21.3. The highest BCUT2D eigenvalue weighted by molar-refractivity contribution is 6.42. The molecule has 7 heteroatoms. The molecule has 0 spiro atoms. The molecule has 0 unspecified atom stereocenters. The van der Waals surface area contributed by atoms with E-state index in [2.05, 4.69) is 4.90 Å². The van der Waals surface area contributed by atoms with E-state index in [1.54, 1.807) is 30.3 Å². The monoisotopic (exact) mass is 523 g/mol. The molecule has 0 saturated carbocycles. The van der Waals surface area contributed by atoms with Crippen LogP contribution in [0.2, 0.25) is 10.0 Å². The van der Waals surface area contributed by atoms with Crippen molar-refractivity contribution in [3.05, 3.63) is 92.3 Å². The summed E-state index contributed by atoms with van der Waals surface area (Å²) in [6.07, 6.45) is 4.35. The van der Waals surface area contributed by atoms with Crippen molar-refractivity contribution in [1.29, 1.82) is 0 Å². The molecule has 2 heterocycles. The molecule has 1 aliphatic heterocycles. The lowest BCUT2D eigenvalue weighted by molar-refractivity contribution is 0.183. The maximum absolute atomic E-state index is 13.1. The van der Waals surface area contributed by atoms with E-state index in [9.17, 15) is 9.90 Å². The van der Waals surface area contributed by atoms with Crippen LogP contribution >= 0.6 is 23.2 Å². The van der Waals surface area contributed by atoms with Gasteiger partial charge in [-0.2, -0.15) is 0 Å². The molecule has 3 aromatic carbocycles. The number of rotatable bonds is 7. The first-order valence-electron chi connectivity index (χ1n) is 12.2. The number of halogens is 2. The van der Waals surface area contributed by atoms with E-state index in [4.69, 9.17) is 32.4 Å². The van der Waals surface area contributed by atoms with Crippen LogP contribution in [0.3, 0.4) is 0 Å². The third kappa shape index (κ3) is 5.54. The van der Waals surface area contributed by atoms with Crippen LogP contribution in [0.15, 0.2) is 69.9 Å². The Morgan fingerprint density at radius 1 is 0.917 bits per heavy atom. The predicted octanol–water partition coefficient (Wildman–Crippen LogP) is 6.93. The third-order valence-electron chi connectivity index (χ3n) is 6.64. The van der Waals surface area contributed by atoms with Crippen LogP contribution in [0.4, 0.5) is 0 Å². The summed E-state index contributed by atoms with van der Waals surface area (Å²) < 4.78 is 11.5. The lowest BCUT2D eigenvalue weighted by atomic mass is 9.93. The Hall–Kier alpha value is -2.99. The largest absolute Gasteiger partial charge is 0.508 e. The molecule has 1 aromatic heterocycles. The fourth-order valence-corrected chi connectivity index (χ4v) is 5.06. The number of hydrogen-bond acceptors (Lipinski definition) is 5. The molecule has 0 amide bonds. The molecule has 0 radical (unpaired) electrons. The van der Waals surface area contributed by atoms with Crippen LogP contribution in [0.5, 0.6) is 11.5 Å². The molecule has 36 heavy (non-hydrogen) atoms. The minimum Gasteiger partial charge on any atom is -0.508 e. The van der Waals surface area contributed by atoms with Gasteiger partial charge in [0.15, 0.2) is 0 Å². The molecule has 4 aromatic rings. The Balaban J connectivity index is 1.43. The fraction of sp³-hybridized carbons (Fsp3) is 0.276. The molecule has 5 nitrogen and oxygen atoms in total. The van der Waals surface area contributed by atoms with Gasteiger partial charge < -0.3 is 14.3 Å². The van der Waals surface area contributed by atoms with E-state index in [0.29, 0.717) is 39.8 Å². The lowest BCUT2D eigenvalue weighted by Crippen LogP contribution is -2.33. The molecule has 1 N–H and O–H groups in total. The van der Waals surface area contributed by atoms with E-state index in [1.165, 1.54) is 25.3 Å². The van der Waals surface area contributed by atoms with Crippen molar-refractivity contribution in [3.8, 4) is 22.6 Å². The second-order valence-electron chi connectivity index (χ2n) is 9.12. The molecule has 1 aliphatic rings. The highest BCUT2D eigenvalue weighted by Crippen LogP contribution is 2.34. The van der Waals surface area contributed by atoms with Gasteiger partial charge in [0, 0.05) is 18.0 Å². The molecular weight excluding hydrogens is 497 g/mol. The molecule has 1 saturated heterocycles. The van der Waals surface area contributed by atoms with E-state index < -0.39 is 5.63 Å². The summed E-state index contributed by atoms with van der Waals surface area (Å²) in [5.41, 5.74) is 2.68. The number of aromatic hydroxyl groups is 1. The lowest BCUT2D eigenvalue weighted by Gasteiger charge is -2.26. The van der Waals surface area contributed by atoms with Gasteiger partial charge in [-0.15, -0.1) is 0 Å². The Bertz CT molecular complexity index is 1430. The number of phenolic OH excluding ortho intramolecular Hbond substituents is 1. The third-order valence-corrected chi connectivity index (χ3v) is 7.38. The van der Waals surface area contributed by atoms with E-state index in [-0.39, 0.29) is 5.75 Å². The number of hydrogen-bond donors (Lipinski definition) is 1. The van der Waals surface area contributed by atoms with Crippen molar-refractivity contribution in [2.24, 2.45) is 0 Å². The van der Waals surface area contributed by atoms with Crippen LogP contribution < -0.4 is 10.4 Å². The van der Waals surface area contributed by atoms with Gasteiger partial charge >= 0.3 is 5.63 Å². The zero-order chi connectivity index (χ0) is 25.1. The topological polar surface area (TPSA) is 62.9 Å². The predicted molar refractivity (Wildman–Crippen MR) is 145 cm³/mol. The smallest absolute Gasteiger partial charge is 0.344 e. The molecule has 186 valence electrons. The molecular formula is C29H27Cl2NO4. The Morgan fingerprint density at radius 2 is 1.69 bits per heavy atom. The first-order valence-corrected chi connectivity index (χ1v) is 12.9. The summed E-state index contributed by atoms with van der Waals surface area (Å²) in [7, 11) is 0. The Kier molecular flexibility index (Phi) is 7.51. The van der Waals surface area contributed by atoms with Crippen molar-refractivity contribution >= 4 is 34.2 Å². The number of nitrogens with zero attached hydrogens (tertiary/aromatic N) is 1. The second-order valence-corrected chi connectivity index (χ2v) is 9.94. The Labute approximate surface area is 219 Å². The number of piperidine rings is 1. The van der Waals surface area contributed by atoms with Crippen molar-refractivity contribution in [1.82, 2.24) is 4.90 Å². The molecule has 0 bridgehead atoms. The summed E-state index contributed by atoms with van der Waals surface area (Å²) >= 11 is 12.4. The van der Waals surface area contributed by atoms with Crippen LogP contribution in [0.25, 0.3) is 22.1 Å². The van der Waals surface area contributed by atoms with Gasteiger partial charge in [0.2, 0.25) is 0 Å². The molecule has 1 fully saturated rings. The van der Waals surface area contributed by atoms with Crippen molar-refractivity contribution in [2.75, 3.05) is 26.2 Å². The number of benzene rings is 3. The summed E-state index contributed by atoms with van der Waals surface area (Å²) in [4.78, 5) is 15.6. The Morgan fingerprint density at radius 3 is 2.44 bits per heavy atom. The first-order chi connectivity index (χ1) is 17.5. The zero-order valence-electron chi connectivity index (χ0n) is 19.8. The first kappa shape index (κ1) is 24.7. The van der Waals surface area contributed by atoms with Crippen molar-refractivity contribution in [3.63, 3.8) is 0 Å². The van der Waals surface area contributed by atoms with Gasteiger partial charge in [0.25, 0.3) is 0 Å². The second kappa shape index (κ2) is 11.0. The molecule has 0 atom stereocenters. The van der Waals surface area contributed by atoms with E-state index in [1.807, 2.05) is 24.3 Å². The SMILES string of the molecule is O=c1oc2cc(O)ccc2c(Cc2ccc(OCCN3CCCCC3)cc2)c1-c1ccc(Cl)c(Cl)c1. The highest BCUT2D eigenvalue weighted by atomic mass is 35.5. The van der Waals surface area contributed by atoms with Crippen LogP contribution in [0, 0.1) is 0 Å². The number of fused-ring (bicyclic) bond motifs is 1. The normalized spacial score (nSPS) is 14.3. The standard InChI is InChI=1S/C29H27Cl2NO4/c30-25-11-6-20(17-26(25)31)28-24(23-10-7-21(33)18-27(23)36-29(28)34)16-19-4-8-22(9-5-19)35-15-14-32-12-2-1-3-13-32/h4-11,17-18,33H,1-3,12-16H2. The van der Waals surface area contributed by atoms with Gasteiger partial charge in [-0.05, 0) is 85.4 Å². The van der Waals surface area contributed by atoms with Gasteiger partial charge in [-0.3, -0.25) is 4.90 Å². The maximum atomic E-state index is 13.1. The van der Waals surface area contributed by atoms with Crippen molar-refractivity contribution < 1.29 is 14.3 Å². The van der Waals surface area contributed by atoms with Gasteiger partial charge in [-0.1, -0.05) is 47.8 Å². The maximum Gasteiger partial charge on any atom is 0.344 e. The summed E-state index contributed by atoms with van der Waals surface area (Å²) in [5, 5.41) is 11.4. The number of ether oxygens (including phenoxy) is 1. The minimum absolute atomic E-state index is 0.0324. The minimum atomic E-state index is -0.501. The van der Waals surface area contributed by atoms with Crippen LogP contribution in [0.1, 0.15) is 30.4 Å². The van der Waals surface area contributed by atoms with Gasteiger partial charge in [-0.25, -0.2) is 4.79 Å². The molecule has 0 aliphatic carbocycles. The van der Waals surface area contributed by atoms with Crippen LogP contribution in [-0.2, 0) is 6.42 Å². The van der Waals surface area contributed by atoms with Crippen molar-refractivity contribution in [2.45, 2.75) is 25.7 Å². The van der Waals surface area contributed by atoms with Gasteiger partial charge in [0.05, 0.1) is 15.6 Å². The summed E-state index contributed by atoms with van der Waals surface area (Å²) in [6, 6.07) is 17.9. The fourth-order valence-electron chi connectivity index (χ4n) is 4.76. The van der Waals surface area contributed by atoms with E-state index >= 15 is 0 Å².